The van der Waals surface area contributed by atoms with E-state index in [4.69, 9.17) is 4.42 Å². The molecule has 0 aliphatic rings. The van der Waals surface area contributed by atoms with E-state index in [1.165, 1.54) is 115 Å². The van der Waals surface area contributed by atoms with Crippen LogP contribution in [-0.4, -0.2) is 62.8 Å². The largest absolute Gasteiger partial charge is 0.456 e. The van der Waals surface area contributed by atoms with Crippen molar-refractivity contribution in [2.45, 2.75) is 0 Å². The normalized spacial score (nSPS) is 11.6. The first-order valence-corrected chi connectivity index (χ1v) is 18.8. The summed E-state index contributed by atoms with van der Waals surface area (Å²) in [5.74, 6) is 0. The van der Waals surface area contributed by atoms with E-state index in [-0.39, 0.29) is 0 Å². The number of para-hydroxylation sites is 1. The van der Waals surface area contributed by atoms with Crippen LogP contribution in [-0.2, 0) is 0 Å². The van der Waals surface area contributed by atoms with Crippen LogP contribution < -0.4 is 43.7 Å². The van der Waals surface area contributed by atoms with Gasteiger partial charge < -0.3 is 4.42 Å². The molecule has 0 atom stereocenters. The third-order valence-electron chi connectivity index (χ3n) is 12.5. The van der Waals surface area contributed by atoms with E-state index in [1.807, 2.05) is 12.1 Å². The van der Waals surface area contributed by atoms with Gasteiger partial charge in [0.1, 0.15) is 73.9 Å². The second kappa shape index (κ2) is 12.6. The summed E-state index contributed by atoms with van der Waals surface area (Å²) < 4.78 is 6.19. The molecule has 0 radical (unpaired) electrons. The number of hydrogen-bond acceptors (Lipinski definition) is 1. The minimum Gasteiger partial charge on any atom is -0.456 e. The van der Waals surface area contributed by atoms with Crippen molar-refractivity contribution < 1.29 is 4.42 Å². The summed E-state index contributed by atoms with van der Waals surface area (Å²) in [6, 6.07) is 44.1. The summed E-state index contributed by atoms with van der Waals surface area (Å²) in [6.45, 7) is 0. The second-order valence-corrected chi connectivity index (χ2v) is 15.0. The highest BCUT2D eigenvalue weighted by Crippen LogP contribution is 2.41. The summed E-state index contributed by atoms with van der Waals surface area (Å²) in [5, 5.41) is 7.84. The molecule has 0 spiro atoms. The van der Waals surface area contributed by atoms with Crippen molar-refractivity contribution in [2.24, 2.45) is 0 Å². The smallest absolute Gasteiger partial charge is 0.139 e. The fourth-order valence-electron chi connectivity index (χ4n) is 8.99. The molecule has 0 aliphatic carbocycles. The summed E-state index contributed by atoms with van der Waals surface area (Å²) in [7, 11) is 18.5. The van der Waals surface area contributed by atoms with E-state index in [1.54, 1.807) is 0 Å². The lowest BCUT2D eigenvalue weighted by Gasteiger charge is -2.28. The van der Waals surface area contributed by atoms with Gasteiger partial charge in [0.05, 0.1) is 0 Å². The van der Waals surface area contributed by atoms with Crippen LogP contribution >= 0.6 is 0 Å². The molecule has 242 valence electrons. The molecule has 9 aromatic rings. The van der Waals surface area contributed by atoms with E-state index in [0.29, 0.717) is 0 Å². The van der Waals surface area contributed by atoms with Crippen molar-refractivity contribution in [1.82, 2.24) is 0 Å². The molecule has 0 bridgehead atoms. The summed E-state index contributed by atoms with van der Waals surface area (Å²) in [6.07, 6.45) is 0. The van der Waals surface area contributed by atoms with Gasteiger partial charge in [-0.15, -0.1) is 21.9 Å². The predicted molar refractivity (Wildman–Crippen MR) is 256 cm³/mol. The first-order chi connectivity index (χ1) is 25.7. The van der Waals surface area contributed by atoms with Crippen LogP contribution in [0.1, 0.15) is 0 Å². The lowest BCUT2D eigenvalue weighted by Crippen LogP contribution is -2.50. The van der Waals surface area contributed by atoms with Gasteiger partial charge in [0.25, 0.3) is 0 Å². The third kappa shape index (κ3) is 5.04. The Morgan fingerprint density at radius 3 is 1.19 bits per heavy atom. The fourth-order valence-corrected chi connectivity index (χ4v) is 8.99. The van der Waals surface area contributed by atoms with Gasteiger partial charge in [-0.2, -0.15) is 0 Å². The molecular weight excluding hydrogens is 631 g/mol. The van der Waals surface area contributed by atoms with Crippen molar-refractivity contribution in [1.29, 1.82) is 0 Å². The molecule has 9 rings (SSSR count). The maximum atomic E-state index is 6.19. The Balaban J connectivity index is 1.24. The molecule has 0 fully saturated rings. The summed E-state index contributed by atoms with van der Waals surface area (Å²) >= 11 is 0. The first-order valence-electron chi connectivity index (χ1n) is 18.8. The molecule has 1 heterocycles. The zero-order valence-corrected chi connectivity index (χ0v) is 32.0. The molecule has 1 aromatic heterocycles. The van der Waals surface area contributed by atoms with Crippen LogP contribution in [0.3, 0.4) is 0 Å². The van der Waals surface area contributed by atoms with Gasteiger partial charge in [-0.1, -0.05) is 131 Å². The topological polar surface area (TPSA) is 13.1 Å². The zero-order valence-electron chi connectivity index (χ0n) is 32.0. The fraction of sp³-hybridized carbons (Fsp3) is 0. The molecule has 53 heavy (non-hydrogen) atoms. The Bertz CT molecular complexity index is 2870. The quantitative estimate of drug-likeness (QED) is 0.167. The third-order valence-corrected chi connectivity index (χ3v) is 12.5. The maximum Gasteiger partial charge on any atom is 0.139 e. The van der Waals surface area contributed by atoms with Crippen LogP contribution in [0.5, 0.6) is 0 Å². The number of benzene rings is 8. The average molecular weight is 667 g/mol. The van der Waals surface area contributed by atoms with Gasteiger partial charge in [-0.3, -0.25) is 0 Å². The standard InChI is InChI=1S/C44H36B8O/c45-37-33-30(24-7-2-1-3-8-24)34-36(40(48)44(52)42(50)38(34)46)31(35(33)39(47)43(51)41(37)49)25-19-15-22(16-20-25)21-13-17-23(18-14-21)26-10-6-12-29-32(26)27-9-4-5-11-28(27)53-29/h1-20H,45-52H2. The second-order valence-electron chi connectivity index (χ2n) is 15.0. The van der Waals surface area contributed by atoms with Gasteiger partial charge in [0, 0.05) is 10.8 Å². The van der Waals surface area contributed by atoms with Crippen molar-refractivity contribution in [3.8, 4) is 44.5 Å². The van der Waals surface area contributed by atoms with E-state index >= 15 is 0 Å². The SMILES string of the molecule is Bc1c(B)c(B)c2c(-c3ccc(-c4ccc(-c5cccc6oc7ccccc7c56)cc4)cc3)c3c(B)c(B)c(B)c(B)c3c(-c3ccccc3)c2c1B. The predicted octanol–water partition coefficient (Wildman–Crippen LogP) is -1.37. The molecule has 0 aliphatic heterocycles. The number of fused-ring (bicyclic) bond motifs is 5. The average Bonchev–Trinajstić information content (AvgIpc) is 3.59. The Labute approximate surface area is 318 Å². The van der Waals surface area contributed by atoms with Crippen LogP contribution in [0.4, 0.5) is 0 Å². The molecule has 0 amide bonds. The van der Waals surface area contributed by atoms with Crippen molar-refractivity contribution in [2.75, 3.05) is 0 Å². The maximum absolute atomic E-state index is 6.19. The highest BCUT2D eigenvalue weighted by molar-refractivity contribution is 6.71. The first kappa shape index (κ1) is 33.4. The Hall–Kier alpha value is -5.40. The van der Waals surface area contributed by atoms with Gasteiger partial charge in [-0.05, 0) is 78.2 Å². The van der Waals surface area contributed by atoms with Crippen molar-refractivity contribution >= 4 is 150 Å². The van der Waals surface area contributed by atoms with E-state index in [9.17, 15) is 0 Å². The minimum atomic E-state index is 0.923. The number of hydrogen-bond donors (Lipinski definition) is 0. The van der Waals surface area contributed by atoms with Crippen molar-refractivity contribution in [3.63, 3.8) is 0 Å². The minimum absolute atomic E-state index is 0.923. The number of furan rings is 1. The van der Waals surface area contributed by atoms with E-state index in [0.717, 1.165) is 16.6 Å². The van der Waals surface area contributed by atoms with Crippen LogP contribution in [0.15, 0.2) is 126 Å². The molecule has 8 aromatic carbocycles. The van der Waals surface area contributed by atoms with Gasteiger partial charge in [0.15, 0.2) is 0 Å². The van der Waals surface area contributed by atoms with E-state index in [2.05, 4.69) is 172 Å². The number of rotatable bonds is 4. The molecular formula is C44H36B8O. The lowest BCUT2D eigenvalue weighted by atomic mass is 9.59. The molecule has 1 nitrogen and oxygen atoms in total. The lowest BCUT2D eigenvalue weighted by molar-refractivity contribution is 0.669. The Morgan fingerprint density at radius 1 is 0.283 bits per heavy atom. The molecule has 0 N–H and O–H groups in total. The van der Waals surface area contributed by atoms with Crippen LogP contribution in [0, 0.1) is 0 Å². The highest BCUT2D eigenvalue weighted by Gasteiger charge is 2.25. The van der Waals surface area contributed by atoms with Gasteiger partial charge >= 0.3 is 0 Å². The molecule has 0 saturated heterocycles. The molecule has 9 heteroatoms. The summed E-state index contributed by atoms with van der Waals surface area (Å²) in [5.41, 5.74) is 22.9. The van der Waals surface area contributed by atoms with Crippen LogP contribution in [0.25, 0.3) is 88.0 Å². The highest BCUT2D eigenvalue weighted by atomic mass is 16.3. The monoisotopic (exact) mass is 668 g/mol. The summed E-state index contributed by atoms with van der Waals surface area (Å²) in [4.78, 5) is 0. The van der Waals surface area contributed by atoms with Crippen LogP contribution in [0.2, 0.25) is 0 Å². The Morgan fingerprint density at radius 2 is 0.679 bits per heavy atom. The van der Waals surface area contributed by atoms with E-state index < -0.39 is 0 Å². The Kier molecular flexibility index (Phi) is 7.97. The zero-order chi connectivity index (χ0) is 36.7. The molecule has 0 saturated carbocycles. The van der Waals surface area contributed by atoms with Gasteiger partial charge in [-0.25, -0.2) is 0 Å². The molecule has 0 unspecified atom stereocenters. The van der Waals surface area contributed by atoms with Gasteiger partial charge in [0.2, 0.25) is 0 Å². The van der Waals surface area contributed by atoms with Crippen molar-refractivity contribution in [3.05, 3.63) is 121 Å².